The molecule has 2 saturated carbocycles. The Morgan fingerprint density at radius 2 is 1.71 bits per heavy atom. The van der Waals surface area contributed by atoms with Crippen molar-refractivity contribution >= 4 is 29.9 Å². The van der Waals surface area contributed by atoms with Gasteiger partial charge in [-0.25, -0.2) is 14.4 Å². The number of rotatable bonds is 4. The molecule has 5 amide bonds. The number of halogens is 3. The minimum absolute atomic E-state index is 0.00109. The summed E-state index contributed by atoms with van der Waals surface area (Å²) in [4.78, 5) is 69.7. The van der Waals surface area contributed by atoms with Crippen LogP contribution >= 0.6 is 0 Å². The summed E-state index contributed by atoms with van der Waals surface area (Å²) in [7, 11) is 0. The second-order valence-electron chi connectivity index (χ2n) is 15.1. The van der Waals surface area contributed by atoms with Crippen molar-refractivity contribution in [3.05, 3.63) is 34.9 Å². The number of nitrogens with one attached hydrogen (secondary N) is 3. The van der Waals surface area contributed by atoms with Gasteiger partial charge in [-0.15, -0.1) is 0 Å². The maximum Gasteiger partial charge on any atom is 0.416 e. The number of carbonyl (C=O) groups is 5. The standard InChI is InChI=1S/C36H48F3N5O7/c1-21-9-4-2-3-5-14-28(41-33(49)40-23-11-6-7-12-23)31(46)44-19-24(17-29(44)30(45)42-35(32(47)48)18-27(21)35)51-34(50)43-16-15-22-10-8-13-26(25(22)20-43)36(37,38)39/h8,10,13,21,23-24,27-29H,2-7,9,11-12,14-20H2,1H3,(H,42,45)(H,47,48)(H2,40,41,49)/t21?,24-,27+,28+,29+,35-/m1/s1. The molecule has 12 nitrogen and oxygen atoms in total. The Balaban J connectivity index is 1.22. The zero-order valence-electron chi connectivity index (χ0n) is 28.9. The van der Waals surface area contributed by atoms with Crippen LogP contribution in [0.4, 0.5) is 22.8 Å². The van der Waals surface area contributed by atoms with Crippen molar-refractivity contribution in [2.24, 2.45) is 11.8 Å². The summed E-state index contributed by atoms with van der Waals surface area (Å²) in [6.45, 7) is 1.59. The lowest BCUT2D eigenvalue weighted by atomic mass is 9.94. The van der Waals surface area contributed by atoms with Crippen LogP contribution in [0, 0.1) is 11.8 Å². The van der Waals surface area contributed by atoms with Crippen LogP contribution in [0.2, 0.25) is 0 Å². The summed E-state index contributed by atoms with van der Waals surface area (Å²) >= 11 is 0. The summed E-state index contributed by atoms with van der Waals surface area (Å²) in [6.07, 6.45) is 1.82. The number of fused-ring (bicyclic) bond motifs is 3. The minimum Gasteiger partial charge on any atom is -0.479 e. The molecule has 0 bridgehead atoms. The van der Waals surface area contributed by atoms with Crippen molar-refractivity contribution in [2.75, 3.05) is 13.1 Å². The highest BCUT2D eigenvalue weighted by atomic mass is 19.4. The molecule has 0 spiro atoms. The second-order valence-corrected chi connectivity index (χ2v) is 15.1. The van der Waals surface area contributed by atoms with Gasteiger partial charge < -0.3 is 35.6 Å². The highest BCUT2D eigenvalue weighted by molar-refractivity contribution is 5.96. The maximum atomic E-state index is 14.3. The van der Waals surface area contributed by atoms with E-state index in [4.69, 9.17) is 4.74 Å². The van der Waals surface area contributed by atoms with Crippen molar-refractivity contribution in [2.45, 2.75) is 133 Å². The predicted octanol–water partition coefficient (Wildman–Crippen LogP) is 4.73. The van der Waals surface area contributed by atoms with Gasteiger partial charge in [-0.1, -0.05) is 64.0 Å². The topological polar surface area (TPSA) is 157 Å². The monoisotopic (exact) mass is 719 g/mol. The van der Waals surface area contributed by atoms with E-state index >= 15 is 0 Å². The van der Waals surface area contributed by atoms with Crippen LogP contribution in [0.3, 0.4) is 0 Å². The Kier molecular flexibility index (Phi) is 10.7. The lowest BCUT2D eigenvalue weighted by Crippen LogP contribution is -2.57. The Bertz CT molecular complexity index is 1520. The van der Waals surface area contributed by atoms with Crippen LogP contribution < -0.4 is 16.0 Å². The van der Waals surface area contributed by atoms with Crippen LogP contribution in [-0.2, 0) is 38.3 Å². The van der Waals surface area contributed by atoms with E-state index in [1.165, 1.54) is 15.9 Å². The van der Waals surface area contributed by atoms with Gasteiger partial charge in [0.25, 0.3) is 0 Å². The molecular formula is C36H48F3N5O7. The van der Waals surface area contributed by atoms with Gasteiger partial charge in [0.1, 0.15) is 23.7 Å². The van der Waals surface area contributed by atoms with E-state index in [1.807, 2.05) is 6.92 Å². The van der Waals surface area contributed by atoms with Crippen molar-refractivity contribution in [3.63, 3.8) is 0 Å². The molecule has 1 aromatic carbocycles. The number of urea groups is 1. The highest BCUT2D eigenvalue weighted by Gasteiger charge is 2.64. The molecule has 0 radical (unpaired) electrons. The number of aliphatic carboxylic acids is 1. The molecular weight excluding hydrogens is 671 g/mol. The first-order chi connectivity index (χ1) is 24.3. The summed E-state index contributed by atoms with van der Waals surface area (Å²) in [5, 5.41) is 18.7. The molecule has 2 aliphatic carbocycles. The fourth-order valence-electron chi connectivity index (χ4n) is 8.60. The van der Waals surface area contributed by atoms with Crippen LogP contribution in [0.5, 0.6) is 0 Å². The van der Waals surface area contributed by atoms with E-state index in [9.17, 15) is 42.3 Å². The van der Waals surface area contributed by atoms with Gasteiger partial charge in [0, 0.05) is 25.6 Å². The third-order valence-electron chi connectivity index (χ3n) is 11.6. The van der Waals surface area contributed by atoms with Crippen LogP contribution in [0.1, 0.15) is 101 Å². The number of hydrogen-bond donors (Lipinski definition) is 4. The third kappa shape index (κ3) is 8.06. The average molecular weight is 720 g/mol. The fourth-order valence-corrected chi connectivity index (χ4v) is 8.60. The minimum atomic E-state index is -4.60. The van der Waals surface area contributed by atoms with Crippen LogP contribution in [-0.4, -0.2) is 87.7 Å². The molecule has 2 saturated heterocycles. The number of alkyl halides is 3. The maximum absolute atomic E-state index is 14.3. The van der Waals surface area contributed by atoms with Crippen LogP contribution in [0.15, 0.2) is 18.2 Å². The fraction of sp³-hybridized carbons (Fsp3) is 0.694. The molecule has 6 rings (SSSR count). The number of carboxylic acids is 1. The van der Waals surface area contributed by atoms with E-state index in [1.54, 1.807) is 6.07 Å². The smallest absolute Gasteiger partial charge is 0.416 e. The molecule has 1 aromatic rings. The number of hydrogen-bond acceptors (Lipinski definition) is 6. The number of carbonyl (C=O) groups excluding carboxylic acids is 4. The molecule has 5 aliphatic rings. The number of benzene rings is 1. The van der Waals surface area contributed by atoms with Gasteiger partial charge in [0.2, 0.25) is 11.8 Å². The van der Waals surface area contributed by atoms with Gasteiger partial charge in [0.15, 0.2) is 0 Å². The van der Waals surface area contributed by atoms with E-state index in [0.717, 1.165) is 57.4 Å². The Morgan fingerprint density at radius 3 is 2.41 bits per heavy atom. The van der Waals surface area contributed by atoms with Crippen molar-refractivity contribution in [1.29, 1.82) is 0 Å². The largest absolute Gasteiger partial charge is 0.479 e. The molecule has 51 heavy (non-hydrogen) atoms. The Morgan fingerprint density at radius 1 is 1.00 bits per heavy atom. The first-order valence-electron chi connectivity index (χ1n) is 18.3. The lowest BCUT2D eigenvalue weighted by Gasteiger charge is -2.31. The van der Waals surface area contributed by atoms with Gasteiger partial charge in [-0.2, -0.15) is 13.2 Å². The lowest BCUT2D eigenvalue weighted by molar-refractivity contribution is -0.146. The molecule has 15 heteroatoms. The van der Waals surface area contributed by atoms with E-state index in [2.05, 4.69) is 16.0 Å². The molecule has 1 unspecified atom stereocenters. The molecule has 6 atom stereocenters. The highest BCUT2D eigenvalue weighted by Crippen LogP contribution is 2.50. The van der Waals surface area contributed by atoms with Gasteiger partial charge in [0.05, 0.1) is 12.1 Å². The molecule has 0 aromatic heterocycles. The quantitative estimate of drug-likeness (QED) is 0.351. The summed E-state index contributed by atoms with van der Waals surface area (Å²) in [5.74, 6) is -2.62. The number of amides is 5. The molecule has 3 aliphatic heterocycles. The van der Waals surface area contributed by atoms with Gasteiger partial charge in [-0.05, 0) is 61.1 Å². The Labute approximate surface area is 295 Å². The third-order valence-corrected chi connectivity index (χ3v) is 11.6. The van der Waals surface area contributed by atoms with Crippen molar-refractivity contribution in [1.82, 2.24) is 25.8 Å². The Hall–Kier alpha value is -4.04. The predicted molar refractivity (Wildman–Crippen MR) is 177 cm³/mol. The molecule has 3 heterocycles. The summed E-state index contributed by atoms with van der Waals surface area (Å²) < 4.78 is 47.1. The first-order valence-corrected chi connectivity index (χ1v) is 18.3. The molecule has 280 valence electrons. The SMILES string of the molecule is CC1CCCCCC[C@H](NC(=O)NC2CCCC2)C(=O)N2C[C@H](OC(=O)N3CCc4cccc(C(F)(F)F)c4C3)C[C@H]2C(=O)N[C@]2(C(=O)O)C[C@@H]12. The second kappa shape index (κ2) is 14.9. The number of carboxylic acid groups (broad SMARTS) is 1. The zero-order valence-corrected chi connectivity index (χ0v) is 28.9. The van der Waals surface area contributed by atoms with Crippen molar-refractivity contribution < 1.29 is 47.0 Å². The zero-order chi connectivity index (χ0) is 36.5. The van der Waals surface area contributed by atoms with Gasteiger partial charge >= 0.3 is 24.3 Å². The normalized spacial score (nSPS) is 30.5. The van der Waals surface area contributed by atoms with E-state index in [-0.39, 0.29) is 62.3 Å². The number of ether oxygens (including phenoxy) is 1. The first kappa shape index (κ1) is 36.7. The van der Waals surface area contributed by atoms with Crippen molar-refractivity contribution in [3.8, 4) is 0 Å². The van der Waals surface area contributed by atoms with E-state index in [0.29, 0.717) is 18.4 Å². The van der Waals surface area contributed by atoms with E-state index < -0.39 is 65.4 Å². The molecule has 4 fully saturated rings. The average Bonchev–Trinajstić information content (AvgIpc) is 3.36. The summed E-state index contributed by atoms with van der Waals surface area (Å²) in [6, 6.07) is 1.27. The molecule has 4 N–H and O–H groups in total. The van der Waals surface area contributed by atoms with Crippen LogP contribution in [0.25, 0.3) is 0 Å². The number of nitrogens with zero attached hydrogens (tertiary/aromatic N) is 2. The van der Waals surface area contributed by atoms with Gasteiger partial charge in [-0.3, -0.25) is 9.59 Å². The summed E-state index contributed by atoms with van der Waals surface area (Å²) in [5.41, 5.74) is -1.80.